The second-order valence-electron chi connectivity index (χ2n) is 4.25. The van der Waals surface area contributed by atoms with Gasteiger partial charge in [-0.05, 0) is 18.7 Å². The minimum Gasteiger partial charge on any atom is -0.369 e. The molecule has 5 nitrogen and oxygen atoms in total. The van der Waals surface area contributed by atoms with E-state index in [2.05, 4.69) is 10.6 Å². The predicted molar refractivity (Wildman–Crippen MR) is 71.1 cm³/mol. The Morgan fingerprint density at radius 3 is 2.61 bits per heavy atom. The highest BCUT2D eigenvalue weighted by Crippen LogP contribution is 2.16. The Bertz CT molecular complexity index is 432. The van der Waals surface area contributed by atoms with Gasteiger partial charge in [-0.25, -0.2) is 0 Å². The predicted octanol–water partition coefficient (Wildman–Crippen LogP) is 0.508. The molecule has 18 heavy (non-hydrogen) atoms. The number of nitrogens with two attached hydrogens (primary N) is 1. The molecule has 0 radical (unpaired) electrons. The summed E-state index contributed by atoms with van der Waals surface area (Å²) < 4.78 is 0. The lowest BCUT2D eigenvalue weighted by Gasteiger charge is -2.14. The molecule has 0 aliphatic rings. The van der Waals surface area contributed by atoms with Crippen LogP contribution >= 0.6 is 0 Å². The fourth-order valence-corrected chi connectivity index (χ4v) is 1.64. The first-order valence-electron chi connectivity index (χ1n) is 5.86. The highest BCUT2D eigenvalue weighted by Gasteiger charge is 2.14. The molecule has 1 aromatic rings. The van der Waals surface area contributed by atoms with Gasteiger partial charge in [0.15, 0.2) is 0 Å². The van der Waals surface area contributed by atoms with Crippen molar-refractivity contribution in [3.8, 4) is 0 Å². The van der Waals surface area contributed by atoms with Crippen molar-refractivity contribution in [2.75, 3.05) is 18.9 Å². The van der Waals surface area contributed by atoms with Gasteiger partial charge in [0.25, 0.3) is 0 Å². The van der Waals surface area contributed by atoms with Crippen LogP contribution in [0, 0.1) is 5.92 Å². The molecule has 2 amide bonds. The number of hydrogen-bond donors (Lipinski definition) is 3. The zero-order valence-electron chi connectivity index (χ0n) is 10.7. The number of hydrogen-bond acceptors (Lipinski definition) is 3. The number of carbonyl (C=O) groups is 2. The summed E-state index contributed by atoms with van der Waals surface area (Å²) in [6.07, 6.45) is 0.122. The number of para-hydroxylation sites is 1. The van der Waals surface area contributed by atoms with E-state index in [9.17, 15) is 9.59 Å². The molecule has 1 aromatic carbocycles. The van der Waals surface area contributed by atoms with E-state index in [0.29, 0.717) is 12.2 Å². The summed E-state index contributed by atoms with van der Waals surface area (Å²) in [7, 11) is 1.80. The Labute approximate surface area is 107 Å². The molecule has 98 valence electrons. The van der Waals surface area contributed by atoms with Crippen LogP contribution in [-0.4, -0.2) is 25.4 Å². The van der Waals surface area contributed by atoms with Gasteiger partial charge < -0.3 is 16.4 Å². The molecule has 1 atom stereocenters. The summed E-state index contributed by atoms with van der Waals surface area (Å²) in [4.78, 5) is 22.8. The highest BCUT2D eigenvalue weighted by molar-refractivity contribution is 5.94. The van der Waals surface area contributed by atoms with Crippen molar-refractivity contribution in [2.24, 2.45) is 11.7 Å². The SMILES string of the molecule is CNCC(C)C(=O)Nc1ccccc1CC(N)=O. The lowest BCUT2D eigenvalue weighted by Crippen LogP contribution is -2.29. The number of benzene rings is 1. The van der Waals surface area contributed by atoms with Crippen LogP contribution in [0.4, 0.5) is 5.69 Å². The minimum absolute atomic E-state index is 0.0822. The Kier molecular flexibility index (Phi) is 5.32. The number of amides is 2. The number of primary amides is 1. The fraction of sp³-hybridized carbons (Fsp3) is 0.385. The minimum atomic E-state index is -0.417. The van der Waals surface area contributed by atoms with Gasteiger partial charge in [-0.1, -0.05) is 25.1 Å². The maximum Gasteiger partial charge on any atom is 0.228 e. The number of carbonyl (C=O) groups excluding carboxylic acids is 2. The van der Waals surface area contributed by atoms with Gasteiger partial charge in [0, 0.05) is 18.2 Å². The maximum absolute atomic E-state index is 11.9. The zero-order chi connectivity index (χ0) is 13.5. The number of anilines is 1. The normalized spacial score (nSPS) is 11.9. The average Bonchev–Trinajstić information content (AvgIpc) is 2.31. The summed E-state index contributed by atoms with van der Waals surface area (Å²) in [6.45, 7) is 2.44. The molecule has 0 aromatic heterocycles. The third-order valence-corrected chi connectivity index (χ3v) is 2.60. The van der Waals surface area contributed by atoms with Crippen LogP contribution < -0.4 is 16.4 Å². The fourth-order valence-electron chi connectivity index (χ4n) is 1.64. The second-order valence-corrected chi connectivity index (χ2v) is 4.25. The van der Waals surface area contributed by atoms with E-state index in [-0.39, 0.29) is 18.2 Å². The van der Waals surface area contributed by atoms with Crippen LogP contribution in [0.15, 0.2) is 24.3 Å². The summed E-state index contributed by atoms with van der Waals surface area (Å²) in [5.41, 5.74) is 6.54. The molecule has 0 saturated carbocycles. The van der Waals surface area contributed by atoms with Gasteiger partial charge in [0.2, 0.25) is 11.8 Å². The lowest BCUT2D eigenvalue weighted by atomic mass is 10.1. The molecule has 0 aliphatic heterocycles. The first kappa shape index (κ1) is 14.2. The number of rotatable bonds is 6. The van der Waals surface area contributed by atoms with Crippen molar-refractivity contribution in [3.63, 3.8) is 0 Å². The lowest BCUT2D eigenvalue weighted by molar-refractivity contribution is -0.119. The quantitative estimate of drug-likeness (QED) is 0.686. The Hall–Kier alpha value is -1.88. The van der Waals surface area contributed by atoms with Crippen LogP contribution in [-0.2, 0) is 16.0 Å². The van der Waals surface area contributed by atoms with Crippen molar-refractivity contribution in [1.82, 2.24) is 5.32 Å². The monoisotopic (exact) mass is 249 g/mol. The van der Waals surface area contributed by atoms with Crippen LogP contribution in [0.1, 0.15) is 12.5 Å². The standard InChI is InChI=1S/C13H19N3O2/c1-9(8-15-2)13(18)16-11-6-4-3-5-10(11)7-12(14)17/h3-6,9,15H,7-8H2,1-2H3,(H2,14,17)(H,16,18). The van der Waals surface area contributed by atoms with Gasteiger partial charge in [-0.3, -0.25) is 9.59 Å². The summed E-state index contributed by atoms with van der Waals surface area (Å²) in [5, 5.41) is 5.76. The third kappa shape index (κ3) is 4.18. The van der Waals surface area contributed by atoms with Gasteiger partial charge in [0.1, 0.15) is 0 Å². The van der Waals surface area contributed by atoms with Crippen LogP contribution in [0.5, 0.6) is 0 Å². The highest BCUT2D eigenvalue weighted by atomic mass is 16.2. The first-order chi connectivity index (χ1) is 8.54. The molecule has 5 heteroatoms. The van der Waals surface area contributed by atoms with Crippen LogP contribution in [0.25, 0.3) is 0 Å². The largest absolute Gasteiger partial charge is 0.369 e. The van der Waals surface area contributed by atoms with Crippen molar-refractivity contribution in [1.29, 1.82) is 0 Å². The van der Waals surface area contributed by atoms with Crippen LogP contribution in [0.2, 0.25) is 0 Å². The van der Waals surface area contributed by atoms with Crippen molar-refractivity contribution in [2.45, 2.75) is 13.3 Å². The third-order valence-electron chi connectivity index (χ3n) is 2.60. The molecule has 0 bridgehead atoms. The molecular formula is C13H19N3O2. The molecule has 0 heterocycles. The second kappa shape index (κ2) is 6.76. The molecule has 1 unspecified atom stereocenters. The van der Waals surface area contributed by atoms with Gasteiger partial charge in [-0.2, -0.15) is 0 Å². The molecular weight excluding hydrogens is 230 g/mol. The van der Waals surface area contributed by atoms with E-state index in [4.69, 9.17) is 5.73 Å². The maximum atomic E-state index is 11.9. The first-order valence-corrected chi connectivity index (χ1v) is 5.86. The molecule has 0 fully saturated rings. The summed E-state index contributed by atoms with van der Waals surface area (Å²) >= 11 is 0. The van der Waals surface area contributed by atoms with Crippen molar-refractivity contribution >= 4 is 17.5 Å². The topological polar surface area (TPSA) is 84.2 Å². The number of nitrogens with one attached hydrogen (secondary N) is 2. The van der Waals surface area contributed by atoms with E-state index in [1.807, 2.05) is 19.1 Å². The summed E-state index contributed by atoms with van der Waals surface area (Å²) in [5.74, 6) is -0.641. The van der Waals surface area contributed by atoms with Crippen molar-refractivity contribution < 1.29 is 9.59 Å². The van der Waals surface area contributed by atoms with E-state index in [0.717, 1.165) is 5.56 Å². The summed E-state index contributed by atoms with van der Waals surface area (Å²) in [6, 6.07) is 7.17. The molecule has 0 aliphatic carbocycles. The Morgan fingerprint density at radius 2 is 2.00 bits per heavy atom. The average molecular weight is 249 g/mol. The Balaban J connectivity index is 2.77. The van der Waals surface area contributed by atoms with Gasteiger partial charge in [0.05, 0.1) is 6.42 Å². The zero-order valence-corrected chi connectivity index (χ0v) is 10.7. The molecule has 0 spiro atoms. The van der Waals surface area contributed by atoms with Gasteiger partial charge in [-0.15, -0.1) is 0 Å². The van der Waals surface area contributed by atoms with E-state index in [1.54, 1.807) is 19.2 Å². The molecule has 4 N–H and O–H groups in total. The van der Waals surface area contributed by atoms with Crippen LogP contribution in [0.3, 0.4) is 0 Å². The van der Waals surface area contributed by atoms with Gasteiger partial charge >= 0.3 is 0 Å². The molecule has 0 saturated heterocycles. The Morgan fingerprint density at radius 1 is 1.33 bits per heavy atom. The van der Waals surface area contributed by atoms with E-state index < -0.39 is 5.91 Å². The van der Waals surface area contributed by atoms with E-state index >= 15 is 0 Å². The smallest absolute Gasteiger partial charge is 0.228 e. The van der Waals surface area contributed by atoms with E-state index in [1.165, 1.54) is 0 Å². The molecule has 1 rings (SSSR count). The van der Waals surface area contributed by atoms with Crippen molar-refractivity contribution in [3.05, 3.63) is 29.8 Å².